The van der Waals surface area contributed by atoms with Crippen LogP contribution in [-0.4, -0.2) is 13.1 Å². The van der Waals surface area contributed by atoms with Crippen LogP contribution in [0.25, 0.3) is 0 Å². The van der Waals surface area contributed by atoms with Gasteiger partial charge in [-0.3, -0.25) is 0 Å². The molecule has 4 nitrogen and oxygen atoms in total. The SMILES string of the molecule is CNC(=O)Oc1cccc(N)c1.Cl. The zero-order chi connectivity index (χ0) is 8.97. The van der Waals surface area contributed by atoms with Gasteiger partial charge in [0, 0.05) is 18.8 Å². The Morgan fingerprint density at radius 1 is 1.54 bits per heavy atom. The molecule has 0 radical (unpaired) electrons. The molecule has 0 aliphatic heterocycles. The van der Waals surface area contributed by atoms with Gasteiger partial charge in [-0.05, 0) is 12.1 Å². The molecule has 0 aromatic heterocycles. The third kappa shape index (κ3) is 3.66. The number of nitrogens with one attached hydrogen (secondary N) is 1. The van der Waals surface area contributed by atoms with Crippen molar-refractivity contribution in [1.82, 2.24) is 5.32 Å². The fourth-order valence-electron chi connectivity index (χ4n) is 0.736. The standard InChI is InChI=1S/C8H10N2O2.ClH/c1-10-8(11)12-7-4-2-3-6(9)5-7;/h2-5H,9H2,1H3,(H,10,11);1H. The van der Waals surface area contributed by atoms with Crippen LogP contribution in [0.1, 0.15) is 0 Å². The number of rotatable bonds is 1. The molecule has 0 fully saturated rings. The van der Waals surface area contributed by atoms with Crippen LogP contribution in [0.5, 0.6) is 5.75 Å². The van der Waals surface area contributed by atoms with Gasteiger partial charge in [0.05, 0.1) is 0 Å². The number of carbonyl (C=O) groups is 1. The number of ether oxygens (including phenoxy) is 1. The summed E-state index contributed by atoms with van der Waals surface area (Å²) in [6.07, 6.45) is -0.499. The molecule has 3 N–H and O–H groups in total. The van der Waals surface area contributed by atoms with Crippen LogP contribution in [0.4, 0.5) is 10.5 Å². The number of halogens is 1. The molecule has 0 spiro atoms. The molecule has 0 atom stereocenters. The van der Waals surface area contributed by atoms with Crippen molar-refractivity contribution in [2.75, 3.05) is 12.8 Å². The number of hydrogen-bond donors (Lipinski definition) is 2. The summed E-state index contributed by atoms with van der Waals surface area (Å²) in [5.41, 5.74) is 6.03. The van der Waals surface area contributed by atoms with Gasteiger partial charge >= 0.3 is 6.09 Å². The first-order chi connectivity index (χ1) is 5.72. The van der Waals surface area contributed by atoms with Crippen molar-refractivity contribution in [3.8, 4) is 5.75 Å². The van der Waals surface area contributed by atoms with Gasteiger partial charge in [-0.1, -0.05) is 6.07 Å². The number of benzene rings is 1. The molecule has 1 rings (SSSR count). The lowest BCUT2D eigenvalue weighted by atomic mass is 10.3. The average molecular weight is 203 g/mol. The predicted octanol–water partition coefficient (Wildman–Crippen LogP) is 1.41. The van der Waals surface area contributed by atoms with Crippen molar-refractivity contribution in [1.29, 1.82) is 0 Å². The lowest BCUT2D eigenvalue weighted by molar-refractivity contribution is 0.203. The summed E-state index contributed by atoms with van der Waals surface area (Å²) in [4.78, 5) is 10.7. The number of hydrogen-bond acceptors (Lipinski definition) is 3. The lowest BCUT2D eigenvalue weighted by Gasteiger charge is -2.02. The maximum Gasteiger partial charge on any atom is 0.412 e. The highest BCUT2D eigenvalue weighted by molar-refractivity contribution is 5.85. The zero-order valence-corrected chi connectivity index (χ0v) is 7.93. The predicted molar refractivity (Wildman–Crippen MR) is 53.2 cm³/mol. The summed E-state index contributed by atoms with van der Waals surface area (Å²) < 4.78 is 4.81. The molecule has 0 aliphatic carbocycles. The summed E-state index contributed by atoms with van der Waals surface area (Å²) in [6, 6.07) is 6.67. The number of carbonyl (C=O) groups excluding carboxylic acids is 1. The van der Waals surface area contributed by atoms with Crippen molar-refractivity contribution in [3.05, 3.63) is 24.3 Å². The Bertz CT molecular complexity index is 291. The van der Waals surface area contributed by atoms with Gasteiger partial charge in [0.2, 0.25) is 0 Å². The van der Waals surface area contributed by atoms with Crippen LogP contribution >= 0.6 is 12.4 Å². The molecule has 0 unspecified atom stereocenters. The minimum Gasteiger partial charge on any atom is -0.410 e. The Morgan fingerprint density at radius 3 is 2.77 bits per heavy atom. The highest BCUT2D eigenvalue weighted by atomic mass is 35.5. The Hall–Kier alpha value is -1.42. The molecular formula is C8H11ClN2O2. The smallest absolute Gasteiger partial charge is 0.410 e. The van der Waals surface area contributed by atoms with E-state index >= 15 is 0 Å². The quantitative estimate of drug-likeness (QED) is 0.677. The number of nitrogens with two attached hydrogens (primary N) is 1. The molecule has 0 aliphatic rings. The first-order valence-corrected chi connectivity index (χ1v) is 3.47. The van der Waals surface area contributed by atoms with E-state index in [2.05, 4.69) is 5.32 Å². The molecule has 0 bridgehead atoms. The first-order valence-electron chi connectivity index (χ1n) is 3.47. The average Bonchev–Trinajstić information content (AvgIpc) is 2.04. The summed E-state index contributed by atoms with van der Waals surface area (Å²) in [6.45, 7) is 0. The van der Waals surface area contributed by atoms with Gasteiger partial charge in [0.25, 0.3) is 0 Å². The summed E-state index contributed by atoms with van der Waals surface area (Å²) >= 11 is 0. The monoisotopic (exact) mass is 202 g/mol. The number of nitrogen functional groups attached to an aromatic ring is 1. The fourth-order valence-corrected chi connectivity index (χ4v) is 0.736. The van der Waals surface area contributed by atoms with Crippen LogP contribution in [0.2, 0.25) is 0 Å². The van der Waals surface area contributed by atoms with Gasteiger partial charge in [0.15, 0.2) is 0 Å². The third-order valence-electron chi connectivity index (χ3n) is 1.27. The molecule has 72 valence electrons. The second-order valence-corrected chi connectivity index (χ2v) is 2.21. The molecule has 5 heteroatoms. The molecule has 13 heavy (non-hydrogen) atoms. The van der Waals surface area contributed by atoms with E-state index in [-0.39, 0.29) is 12.4 Å². The van der Waals surface area contributed by atoms with Gasteiger partial charge in [0.1, 0.15) is 5.75 Å². The van der Waals surface area contributed by atoms with E-state index in [1.54, 1.807) is 24.3 Å². The normalized spacial score (nSPS) is 8.38. The first kappa shape index (κ1) is 11.6. The fraction of sp³-hybridized carbons (Fsp3) is 0.125. The topological polar surface area (TPSA) is 64.3 Å². The van der Waals surface area contributed by atoms with Crippen molar-refractivity contribution in [2.45, 2.75) is 0 Å². The summed E-state index contributed by atoms with van der Waals surface area (Å²) in [5.74, 6) is 0.439. The number of amides is 1. The molecule has 0 saturated carbocycles. The second kappa shape index (κ2) is 5.27. The van der Waals surface area contributed by atoms with Gasteiger partial charge in [-0.25, -0.2) is 4.79 Å². The Labute approximate surface area is 82.5 Å². The second-order valence-electron chi connectivity index (χ2n) is 2.21. The highest BCUT2D eigenvalue weighted by Crippen LogP contribution is 2.14. The molecule has 0 heterocycles. The summed E-state index contributed by atoms with van der Waals surface area (Å²) in [7, 11) is 1.49. The molecule has 1 aromatic rings. The van der Waals surface area contributed by atoms with E-state index in [0.717, 1.165) is 0 Å². The third-order valence-corrected chi connectivity index (χ3v) is 1.27. The van der Waals surface area contributed by atoms with Crippen LogP contribution < -0.4 is 15.8 Å². The maximum absolute atomic E-state index is 10.7. The van der Waals surface area contributed by atoms with Crippen LogP contribution in [0.15, 0.2) is 24.3 Å². The molecule has 0 saturated heterocycles. The Kier molecular flexibility index (Phi) is 4.69. The Balaban J connectivity index is 0.00000144. The minimum absolute atomic E-state index is 0. The zero-order valence-electron chi connectivity index (χ0n) is 7.11. The van der Waals surface area contributed by atoms with Gasteiger partial charge in [-0.2, -0.15) is 0 Å². The summed E-state index contributed by atoms with van der Waals surface area (Å²) in [5, 5.41) is 2.33. The van der Waals surface area contributed by atoms with E-state index in [1.165, 1.54) is 7.05 Å². The minimum atomic E-state index is -0.499. The highest BCUT2D eigenvalue weighted by Gasteiger charge is 1.99. The molecular weight excluding hydrogens is 192 g/mol. The van der Waals surface area contributed by atoms with E-state index in [0.29, 0.717) is 11.4 Å². The van der Waals surface area contributed by atoms with Crippen LogP contribution in [0, 0.1) is 0 Å². The largest absolute Gasteiger partial charge is 0.412 e. The van der Waals surface area contributed by atoms with Crippen molar-refractivity contribution < 1.29 is 9.53 Å². The van der Waals surface area contributed by atoms with Crippen LogP contribution in [-0.2, 0) is 0 Å². The van der Waals surface area contributed by atoms with E-state index < -0.39 is 6.09 Å². The molecule has 1 aromatic carbocycles. The molecule has 1 amide bonds. The van der Waals surface area contributed by atoms with E-state index in [1.807, 2.05) is 0 Å². The van der Waals surface area contributed by atoms with E-state index in [4.69, 9.17) is 10.5 Å². The van der Waals surface area contributed by atoms with Gasteiger partial charge < -0.3 is 15.8 Å². The van der Waals surface area contributed by atoms with Crippen LogP contribution in [0.3, 0.4) is 0 Å². The van der Waals surface area contributed by atoms with Crippen molar-refractivity contribution >= 4 is 24.2 Å². The Morgan fingerprint density at radius 2 is 2.23 bits per heavy atom. The van der Waals surface area contributed by atoms with Crippen molar-refractivity contribution in [2.24, 2.45) is 0 Å². The van der Waals surface area contributed by atoms with Gasteiger partial charge in [-0.15, -0.1) is 12.4 Å². The van der Waals surface area contributed by atoms with E-state index in [9.17, 15) is 4.79 Å². The maximum atomic E-state index is 10.7. The van der Waals surface area contributed by atoms with Crippen molar-refractivity contribution in [3.63, 3.8) is 0 Å². The lowest BCUT2D eigenvalue weighted by Crippen LogP contribution is -2.21. The number of anilines is 1.